The zero-order valence-corrected chi connectivity index (χ0v) is 12.5. The Hall–Kier alpha value is -1.92. The van der Waals surface area contributed by atoms with Gasteiger partial charge in [-0.15, -0.1) is 0 Å². The zero-order valence-electron chi connectivity index (χ0n) is 11.7. The number of carbonyl (C=O) groups is 1. The molecule has 5 nitrogen and oxygen atoms in total. The van der Waals surface area contributed by atoms with E-state index >= 15 is 0 Å². The molecule has 21 heavy (non-hydrogen) atoms. The average molecular weight is 307 g/mol. The van der Waals surface area contributed by atoms with Crippen molar-refractivity contribution < 1.29 is 17.9 Å². The lowest BCUT2D eigenvalue weighted by molar-refractivity contribution is -0.145. The number of carbonyl (C=O) groups excluding carboxylic acids is 1. The summed E-state index contributed by atoms with van der Waals surface area (Å²) in [7, 11) is -2.39. The highest BCUT2D eigenvalue weighted by Crippen LogP contribution is 2.21. The summed E-state index contributed by atoms with van der Waals surface area (Å²) in [5, 5.41) is 1.07. The monoisotopic (exact) mass is 307 g/mol. The number of benzene rings is 1. The van der Waals surface area contributed by atoms with Gasteiger partial charge >= 0.3 is 5.97 Å². The predicted octanol–water partition coefficient (Wildman–Crippen LogP) is 1.49. The van der Waals surface area contributed by atoms with E-state index in [2.05, 4.69) is 6.58 Å². The van der Waals surface area contributed by atoms with Gasteiger partial charge in [-0.3, -0.25) is 4.79 Å². The summed E-state index contributed by atoms with van der Waals surface area (Å²) in [6.45, 7) is 3.85. The van der Waals surface area contributed by atoms with Crippen molar-refractivity contribution in [1.29, 1.82) is 0 Å². The van der Waals surface area contributed by atoms with Crippen molar-refractivity contribution in [1.82, 2.24) is 4.31 Å². The average Bonchev–Trinajstić information content (AvgIpc) is 2.48. The molecule has 1 aromatic carbocycles. The topological polar surface area (TPSA) is 63.7 Å². The van der Waals surface area contributed by atoms with Crippen LogP contribution < -0.4 is 0 Å². The van der Waals surface area contributed by atoms with Gasteiger partial charge < -0.3 is 4.74 Å². The molecular formula is C15H17NO4S. The predicted molar refractivity (Wildman–Crippen MR) is 79.9 cm³/mol. The van der Waals surface area contributed by atoms with Crippen LogP contribution in [0.3, 0.4) is 0 Å². The smallest absolute Gasteiger partial charge is 0.324 e. The summed E-state index contributed by atoms with van der Waals surface area (Å²) in [4.78, 5) is 12.0. The fourth-order valence-corrected chi connectivity index (χ4v) is 3.55. The molecular weight excluding hydrogens is 290 g/mol. The standard InChI is InChI=1S/C15H17NO4S/c1-12-8-9-21(18,19)16(11-12)14(15(17)20-2)10-13-6-4-3-5-7-13/h3-9,14H,1,10-11H2,2H3/t14-/m1/s1. The van der Waals surface area contributed by atoms with E-state index in [1.54, 1.807) is 0 Å². The van der Waals surface area contributed by atoms with Crippen molar-refractivity contribution in [2.24, 2.45) is 0 Å². The summed E-state index contributed by atoms with van der Waals surface area (Å²) in [6.07, 6.45) is 1.70. The highest BCUT2D eigenvalue weighted by Gasteiger charge is 2.36. The third kappa shape index (κ3) is 3.59. The molecule has 0 fully saturated rings. The first-order chi connectivity index (χ1) is 9.94. The van der Waals surface area contributed by atoms with Gasteiger partial charge in [0.15, 0.2) is 0 Å². The van der Waals surface area contributed by atoms with Gasteiger partial charge in [0.2, 0.25) is 10.0 Å². The van der Waals surface area contributed by atoms with Gasteiger partial charge in [0.25, 0.3) is 0 Å². The molecule has 0 bridgehead atoms. The number of sulfonamides is 1. The van der Waals surface area contributed by atoms with Crippen molar-refractivity contribution in [2.75, 3.05) is 13.7 Å². The normalized spacial score (nSPS) is 19.2. The van der Waals surface area contributed by atoms with Crippen LogP contribution in [0.1, 0.15) is 5.56 Å². The molecule has 0 unspecified atom stereocenters. The van der Waals surface area contributed by atoms with Crippen molar-refractivity contribution in [2.45, 2.75) is 12.5 Å². The van der Waals surface area contributed by atoms with Crippen LogP contribution >= 0.6 is 0 Å². The van der Waals surface area contributed by atoms with Gasteiger partial charge in [-0.2, -0.15) is 4.31 Å². The Morgan fingerprint density at radius 2 is 2.05 bits per heavy atom. The number of hydrogen-bond donors (Lipinski definition) is 0. The molecule has 0 saturated heterocycles. The van der Waals surface area contributed by atoms with Crippen LogP contribution in [-0.2, 0) is 26.0 Å². The van der Waals surface area contributed by atoms with Gasteiger partial charge in [0.05, 0.1) is 7.11 Å². The first-order valence-electron chi connectivity index (χ1n) is 6.43. The quantitative estimate of drug-likeness (QED) is 0.791. The maximum absolute atomic E-state index is 12.2. The fraction of sp³-hybridized carbons (Fsp3) is 0.267. The summed E-state index contributed by atoms with van der Waals surface area (Å²) in [6, 6.07) is 8.33. The van der Waals surface area contributed by atoms with Gasteiger partial charge in [-0.25, -0.2) is 8.42 Å². The lowest BCUT2D eigenvalue weighted by Gasteiger charge is -2.30. The molecule has 0 aliphatic carbocycles. The maximum Gasteiger partial charge on any atom is 0.324 e. The second kappa shape index (κ2) is 6.24. The third-order valence-corrected chi connectivity index (χ3v) is 4.77. The molecule has 0 aromatic heterocycles. The Labute approximate surface area is 124 Å². The highest BCUT2D eigenvalue weighted by atomic mass is 32.2. The van der Waals surface area contributed by atoms with E-state index in [4.69, 9.17) is 4.74 Å². The van der Waals surface area contributed by atoms with Gasteiger partial charge in [-0.05, 0) is 23.6 Å². The van der Waals surface area contributed by atoms with E-state index in [0.29, 0.717) is 5.57 Å². The van der Waals surface area contributed by atoms with E-state index in [0.717, 1.165) is 15.3 Å². The van der Waals surface area contributed by atoms with Crippen molar-refractivity contribution in [3.63, 3.8) is 0 Å². The maximum atomic E-state index is 12.2. The Morgan fingerprint density at radius 3 is 2.67 bits per heavy atom. The molecule has 1 aliphatic rings. The number of nitrogens with zero attached hydrogens (tertiary/aromatic N) is 1. The Bertz CT molecular complexity index is 664. The van der Waals surface area contributed by atoms with Crippen LogP contribution in [0.25, 0.3) is 0 Å². The SMILES string of the molecule is C=C1C=CS(=O)(=O)N([C@H](Cc2ccccc2)C(=O)OC)C1. The number of methoxy groups -OCH3 is 1. The largest absolute Gasteiger partial charge is 0.468 e. The molecule has 1 atom stereocenters. The summed E-state index contributed by atoms with van der Waals surface area (Å²) in [5.41, 5.74) is 1.50. The summed E-state index contributed by atoms with van der Waals surface area (Å²) >= 11 is 0. The van der Waals surface area contributed by atoms with Crippen LogP contribution in [0.2, 0.25) is 0 Å². The molecule has 0 saturated carbocycles. The molecule has 6 heteroatoms. The van der Waals surface area contributed by atoms with Crippen LogP contribution in [-0.4, -0.2) is 38.4 Å². The fourth-order valence-electron chi connectivity index (χ4n) is 2.17. The van der Waals surface area contributed by atoms with E-state index in [-0.39, 0.29) is 13.0 Å². The number of esters is 1. The molecule has 112 valence electrons. The Morgan fingerprint density at radius 1 is 1.38 bits per heavy atom. The van der Waals surface area contributed by atoms with Gasteiger partial charge in [0.1, 0.15) is 6.04 Å². The minimum Gasteiger partial charge on any atom is -0.468 e. The molecule has 0 N–H and O–H groups in total. The number of ether oxygens (including phenoxy) is 1. The molecule has 1 aliphatic heterocycles. The molecule has 1 heterocycles. The Balaban J connectivity index is 2.34. The molecule has 1 aromatic rings. The van der Waals surface area contributed by atoms with Crippen LogP contribution in [0, 0.1) is 0 Å². The second-order valence-corrected chi connectivity index (χ2v) is 6.55. The first-order valence-corrected chi connectivity index (χ1v) is 7.94. The van der Waals surface area contributed by atoms with Crippen LogP contribution in [0.15, 0.2) is 54.0 Å². The minimum atomic E-state index is -3.64. The minimum absolute atomic E-state index is 0.0887. The van der Waals surface area contributed by atoms with Crippen molar-refractivity contribution >= 4 is 16.0 Å². The number of rotatable bonds is 4. The molecule has 0 spiro atoms. The lowest BCUT2D eigenvalue weighted by Crippen LogP contribution is -2.48. The lowest BCUT2D eigenvalue weighted by atomic mass is 10.1. The van der Waals surface area contributed by atoms with E-state index in [1.807, 2.05) is 30.3 Å². The van der Waals surface area contributed by atoms with Gasteiger partial charge in [-0.1, -0.05) is 36.9 Å². The van der Waals surface area contributed by atoms with E-state index < -0.39 is 22.0 Å². The molecule has 0 amide bonds. The van der Waals surface area contributed by atoms with Crippen molar-refractivity contribution in [3.8, 4) is 0 Å². The van der Waals surface area contributed by atoms with Gasteiger partial charge in [0, 0.05) is 12.0 Å². The zero-order chi connectivity index (χ0) is 15.5. The molecule has 0 radical (unpaired) electrons. The van der Waals surface area contributed by atoms with E-state index in [9.17, 15) is 13.2 Å². The summed E-state index contributed by atoms with van der Waals surface area (Å²) < 4.78 is 30.2. The van der Waals surface area contributed by atoms with Crippen LogP contribution in [0.4, 0.5) is 0 Å². The second-order valence-electron chi connectivity index (χ2n) is 4.78. The third-order valence-electron chi connectivity index (χ3n) is 3.25. The summed E-state index contributed by atoms with van der Waals surface area (Å²) in [5.74, 6) is -0.578. The molecule has 2 rings (SSSR count). The highest BCUT2D eigenvalue weighted by molar-refractivity contribution is 7.92. The first kappa shape index (κ1) is 15.5. The number of hydrogen-bond acceptors (Lipinski definition) is 4. The van der Waals surface area contributed by atoms with Crippen molar-refractivity contribution in [3.05, 3.63) is 59.5 Å². The van der Waals surface area contributed by atoms with Crippen LogP contribution in [0.5, 0.6) is 0 Å². The van der Waals surface area contributed by atoms with E-state index in [1.165, 1.54) is 13.2 Å². The Kier molecular flexibility index (Phi) is 4.59.